The topological polar surface area (TPSA) is 87.7 Å². The van der Waals surface area contributed by atoms with Crippen molar-refractivity contribution in [2.75, 3.05) is 0 Å². The van der Waals surface area contributed by atoms with Crippen molar-refractivity contribution in [3.8, 4) is 0 Å². The first-order chi connectivity index (χ1) is 7.58. The molecule has 0 aliphatic carbocycles. The van der Waals surface area contributed by atoms with Crippen LogP contribution in [0.1, 0.15) is 9.88 Å². The van der Waals surface area contributed by atoms with Gasteiger partial charge in [0.1, 0.15) is 9.90 Å². The van der Waals surface area contributed by atoms with Crippen molar-refractivity contribution < 1.29 is 8.42 Å². The van der Waals surface area contributed by atoms with E-state index in [9.17, 15) is 8.42 Å². The van der Waals surface area contributed by atoms with E-state index in [4.69, 9.17) is 0 Å². The number of hydrogen-bond donors (Lipinski definition) is 2. The Hall–Kier alpha value is -1.25. The lowest BCUT2D eigenvalue weighted by atomic mass is 10.6. The van der Waals surface area contributed by atoms with E-state index in [2.05, 4.69) is 19.9 Å². The SMILES string of the molecule is Cc1cnc(CNS(=O)(=O)c2cn[nH]c2)s1. The second-order valence-corrected chi connectivity index (χ2v) is 6.21. The number of aromatic amines is 1. The summed E-state index contributed by atoms with van der Waals surface area (Å²) in [6.45, 7) is 2.12. The van der Waals surface area contributed by atoms with E-state index < -0.39 is 10.0 Å². The molecule has 0 unspecified atom stereocenters. The number of aromatic nitrogens is 3. The molecule has 2 aromatic heterocycles. The van der Waals surface area contributed by atoms with Crippen LogP contribution in [0.2, 0.25) is 0 Å². The highest BCUT2D eigenvalue weighted by Crippen LogP contribution is 2.12. The van der Waals surface area contributed by atoms with Crippen LogP contribution in [0.15, 0.2) is 23.5 Å². The highest BCUT2D eigenvalue weighted by atomic mass is 32.2. The van der Waals surface area contributed by atoms with Gasteiger partial charge in [-0.2, -0.15) is 5.10 Å². The van der Waals surface area contributed by atoms with Crippen LogP contribution in [0, 0.1) is 6.92 Å². The fourth-order valence-electron chi connectivity index (χ4n) is 1.11. The predicted molar refractivity (Wildman–Crippen MR) is 59.5 cm³/mol. The van der Waals surface area contributed by atoms with Crippen LogP contribution >= 0.6 is 11.3 Å². The maximum Gasteiger partial charge on any atom is 0.244 e. The maximum absolute atomic E-state index is 11.7. The van der Waals surface area contributed by atoms with Gasteiger partial charge in [0.25, 0.3) is 0 Å². The van der Waals surface area contributed by atoms with E-state index in [1.165, 1.54) is 23.7 Å². The van der Waals surface area contributed by atoms with Crippen LogP contribution in [0.25, 0.3) is 0 Å². The lowest BCUT2D eigenvalue weighted by molar-refractivity contribution is 0.581. The van der Waals surface area contributed by atoms with E-state index in [1.54, 1.807) is 6.20 Å². The molecule has 8 heteroatoms. The minimum absolute atomic E-state index is 0.126. The maximum atomic E-state index is 11.7. The van der Waals surface area contributed by atoms with Crippen molar-refractivity contribution in [1.29, 1.82) is 0 Å². The fourth-order valence-corrected chi connectivity index (χ4v) is 2.82. The fraction of sp³-hybridized carbons (Fsp3) is 0.250. The minimum Gasteiger partial charge on any atom is -0.284 e. The van der Waals surface area contributed by atoms with Crippen LogP contribution in [0.5, 0.6) is 0 Å². The molecule has 0 saturated carbocycles. The average molecular weight is 258 g/mol. The largest absolute Gasteiger partial charge is 0.284 e. The van der Waals surface area contributed by atoms with Gasteiger partial charge in [-0.05, 0) is 6.92 Å². The molecule has 0 aromatic carbocycles. The van der Waals surface area contributed by atoms with Gasteiger partial charge in [-0.15, -0.1) is 11.3 Å². The van der Waals surface area contributed by atoms with Gasteiger partial charge in [-0.3, -0.25) is 5.10 Å². The van der Waals surface area contributed by atoms with E-state index in [0.29, 0.717) is 0 Å². The second kappa shape index (κ2) is 4.32. The molecule has 2 heterocycles. The van der Waals surface area contributed by atoms with Crippen molar-refractivity contribution in [3.05, 3.63) is 28.5 Å². The van der Waals surface area contributed by atoms with Crippen molar-refractivity contribution in [1.82, 2.24) is 19.9 Å². The molecule has 2 N–H and O–H groups in total. The summed E-state index contributed by atoms with van der Waals surface area (Å²) in [5.41, 5.74) is 0. The Balaban J connectivity index is 2.06. The van der Waals surface area contributed by atoms with Gasteiger partial charge >= 0.3 is 0 Å². The third-order valence-corrected chi connectivity index (χ3v) is 4.15. The number of sulfonamides is 1. The second-order valence-electron chi connectivity index (χ2n) is 3.12. The summed E-state index contributed by atoms with van der Waals surface area (Å²) in [7, 11) is -3.48. The molecule has 0 spiro atoms. The van der Waals surface area contributed by atoms with Gasteiger partial charge in [-0.1, -0.05) is 0 Å². The lowest BCUT2D eigenvalue weighted by Crippen LogP contribution is -2.22. The molecular formula is C8H10N4O2S2. The number of nitrogens with one attached hydrogen (secondary N) is 2. The Bertz CT molecular complexity index is 559. The highest BCUT2D eigenvalue weighted by molar-refractivity contribution is 7.89. The van der Waals surface area contributed by atoms with E-state index in [0.717, 1.165) is 9.88 Å². The van der Waals surface area contributed by atoms with Gasteiger partial charge in [0.15, 0.2) is 0 Å². The van der Waals surface area contributed by atoms with Gasteiger partial charge < -0.3 is 0 Å². The van der Waals surface area contributed by atoms with E-state index >= 15 is 0 Å². The molecule has 0 amide bonds. The van der Waals surface area contributed by atoms with Gasteiger partial charge in [0, 0.05) is 17.3 Å². The quantitative estimate of drug-likeness (QED) is 0.843. The van der Waals surface area contributed by atoms with Crippen molar-refractivity contribution in [2.24, 2.45) is 0 Å². The Morgan fingerprint density at radius 3 is 2.88 bits per heavy atom. The standard InChI is InChI=1S/C8H10N4O2S2/c1-6-2-9-8(15-6)5-12-16(13,14)7-3-10-11-4-7/h2-4,12H,5H2,1H3,(H,10,11). The first-order valence-corrected chi connectivity index (χ1v) is 6.77. The third kappa shape index (κ3) is 2.46. The molecular weight excluding hydrogens is 248 g/mol. The molecule has 0 fully saturated rings. The summed E-state index contributed by atoms with van der Waals surface area (Å²) < 4.78 is 25.8. The molecule has 0 aliphatic heterocycles. The zero-order valence-electron chi connectivity index (χ0n) is 8.47. The Labute approximate surface area is 96.8 Å². The van der Waals surface area contributed by atoms with Crippen molar-refractivity contribution in [2.45, 2.75) is 18.4 Å². The van der Waals surface area contributed by atoms with Crippen LogP contribution in [0.3, 0.4) is 0 Å². The van der Waals surface area contributed by atoms with Gasteiger partial charge in [0.2, 0.25) is 10.0 Å². The predicted octanol–water partition coefficient (Wildman–Crippen LogP) is 0.653. The number of H-pyrrole nitrogens is 1. The zero-order valence-corrected chi connectivity index (χ0v) is 10.1. The molecule has 0 saturated heterocycles. The van der Waals surface area contributed by atoms with Crippen LogP contribution < -0.4 is 4.72 Å². The minimum atomic E-state index is -3.48. The van der Waals surface area contributed by atoms with Crippen LogP contribution in [-0.2, 0) is 16.6 Å². The molecule has 2 aromatic rings. The first-order valence-electron chi connectivity index (χ1n) is 4.48. The molecule has 16 heavy (non-hydrogen) atoms. The number of thiazole rings is 1. The van der Waals surface area contributed by atoms with Gasteiger partial charge in [-0.25, -0.2) is 18.1 Å². The van der Waals surface area contributed by atoms with Crippen molar-refractivity contribution in [3.63, 3.8) is 0 Å². The Morgan fingerprint density at radius 1 is 1.50 bits per heavy atom. The summed E-state index contributed by atoms with van der Waals surface area (Å²) in [6, 6.07) is 0. The number of aryl methyl sites for hydroxylation is 1. The summed E-state index contributed by atoms with van der Waals surface area (Å²) in [5.74, 6) is 0. The third-order valence-electron chi connectivity index (χ3n) is 1.87. The normalized spacial score (nSPS) is 11.8. The molecule has 0 atom stereocenters. The zero-order chi connectivity index (χ0) is 11.6. The molecule has 0 radical (unpaired) electrons. The molecule has 0 aliphatic rings. The van der Waals surface area contributed by atoms with E-state index in [1.807, 2.05) is 6.92 Å². The first kappa shape index (κ1) is 11.2. The number of rotatable bonds is 4. The van der Waals surface area contributed by atoms with Gasteiger partial charge in [0.05, 0.1) is 12.7 Å². The summed E-state index contributed by atoms with van der Waals surface area (Å²) >= 11 is 1.46. The average Bonchev–Trinajstić information content (AvgIpc) is 2.85. The molecule has 0 bridgehead atoms. The lowest BCUT2D eigenvalue weighted by Gasteiger charge is -2.01. The molecule has 86 valence electrons. The molecule has 2 rings (SSSR count). The smallest absolute Gasteiger partial charge is 0.244 e. The van der Waals surface area contributed by atoms with E-state index in [-0.39, 0.29) is 11.4 Å². The summed E-state index contributed by atoms with van der Waals surface area (Å²) in [6.07, 6.45) is 4.30. The Kier molecular flexibility index (Phi) is 3.03. The molecule has 6 nitrogen and oxygen atoms in total. The summed E-state index contributed by atoms with van der Waals surface area (Å²) in [5, 5.41) is 6.79. The monoisotopic (exact) mass is 258 g/mol. The highest BCUT2D eigenvalue weighted by Gasteiger charge is 2.15. The van der Waals surface area contributed by atoms with Crippen LogP contribution in [0.4, 0.5) is 0 Å². The van der Waals surface area contributed by atoms with Crippen molar-refractivity contribution >= 4 is 21.4 Å². The number of hydrogen-bond acceptors (Lipinski definition) is 5. The number of nitrogens with zero attached hydrogens (tertiary/aromatic N) is 2. The Morgan fingerprint density at radius 2 is 2.31 bits per heavy atom. The van der Waals surface area contributed by atoms with Crippen LogP contribution in [-0.4, -0.2) is 23.6 Å². The summed E-state index contributed by atoms with van der Waals surface area (Å²) in [4.78, 5) is 5.25.